The first-order chi connectivity index (χ1) is 18.8. The van der Waals surface area contributed by atoms with Crippen molar-refractivity contribution in [3.8, 4) is 0 Å². The number of rotatable bonds is 7. The molecular formula is C29H39N3O6S. The Morgan fingerprint density at radius 1 is 1.03 bits per heavy atom. The number of ether oxygens (including phenoxy) is 2. The normalized spacial score (nSPS) is 28.8. The summed E-state index contributed by atoms with van der Waals surface area (Å²) in [4.78, 5) is 15.5. The van der Waals surface area contributed by atoms with Crippen LogP contribution in [0.15, 0.2) is 59.5 Å². The number of fused-ring (bicyclic) bond motifs is 1. The lowest BCUT2D eigenvalue weighted by atomic mass is 9.96. The number of aliphatic hydroxyl groups excluding tert-OH is 1. The molecule has 212 valence electrons. The molecule has 0 spiro atoms. The van der Waals surface area contributed by atoms with Gasteiger partial charge in [0, 0.05) is 32.2 Å². The predicted molar refractivity (Wildman–Crippen MR) is 146 cm³/mol. The van der Waals surface area contributed by atoms with Gasteiger partial charge in [-0.1, -0.05) is 48.0 Å². The number of nitrogens with one attached hydrogen (secondary N) is 1. The van der Waals surface area contributed by atoms with Gasteiger partial charge in [-0.15, -0.1) is 0 Å². The van der Waals surface area contributed by atoms with Crippen LogP contribution in [0.2, 0.25) is 0 Å². The Morgan fingerprint density at radius 3 is 2.56 bits per heavy atom. The molecule has 3 fully saturated rings. The molecule has 3 heterocycles. The van der Waals surface area contributed by atoms with E-state index in [1.807, 2.05) is 25.1 Å². The van der Waals surface area contributed by atoms with Crippen LogP contribution < -0.4 is 5.32 Å². The fraction of sp³-hybridized carbons (Fsp3) is 0.552. The molecule has 39 heavy (non-hydrogen) atoms. The van der Waals surface area contributed by atoms with E-state index in [0.29, 0.717) is 12.8 Å². The Kier molecular flexibility index (Phi) is 9.00. The van der Waals surface area contributed by atoms with E-state index >= 15 is 0 Å². The van der Waals surface area contributed by atoms with E-state index in [9.17, 15) is 18.3 Å². The Morgan fingerprint density at radius 2 is 1.79 bits per heavy atom. The van der Waals surface area contributed by atoms with Gasteiger partial charge in [-0.2, -0.15) is 4.31 Å². The summed E-state index contributed by atoms with van der Waals surface area (Å²) >= 11 is 0. The summed E-state index contributed by atoms with van der Waals surface area (Å²) in [5.41, 5.74) is 2.23. The standard InChI is InChI=1S/C29H39N3O6S/c1-21-7-10-26(11-8-21)39(35,36)32-18-24(33)19-37-20-28-27(32)12-9-25(38-28)15-29(34)30-23-13-14-31(17-23)16-22-5-3-2-4-6-22/h2-8,10-11,23-25,27-28,33H,9,12-20H2,1H3,(H,30,34)/t23-,24+,25-,27+,28-/m0/s1. The molecule has 5 rings (SSSR count). The smallest absolute Gasteiger partial charge is 0.243 e. The number of carbonyl (C=O) groups is 1. The van der Waals surface area contributed by atoms with E-state index in [2.05, 4.69) is 22.3 Å². The van der Waals surface area contributed by atoms with Crippen molar-refractivity contribution in [1.82, 2.24) is 14.5 Å². The van der Waals surface area contributed by atoms with Crippen LogP contribution in [-0.2, 0) is 30.8 Å². The molecule has 3 saturated heterocycles. The molecule has 3 aliphatic rings. The summed E-state index contributed by atoms with van der Waals surface area (Å²) in [6.45, 7) is 4.67. The van der Waals surface area contributed by atoms with E-state index in [1.165, 1.54) is 9.87 Å². The van der Waals surface area contributed by atoms with Crippen molar-refractivity contribution in [3.63, 3.8) is 0 Å². The number of carbonyl (C=O) groups excluding carboxylic acids is 1. The average molecular weight is 558 g/mol. The maximum absolute atomic E-state index is 13.6. The molecule has 2 N–H and O–H groups in total. The number of benzene rings is 2. The van der Waals surface area contributed by atoms with Crippen LogP contribution in [0.5, 0.6) is 0 Å². The summed E-state index contributed by atoms with van der Waals surface area (Å²) in [6, 6.07) is 16.7. The molecule has 0 saturated carbocycles. The Balaban J connectivity index is 1.18. The minimum absolute atomic E-state index is 0.0266. The van der Waals surface area contributed by atoms with Gasteiger partial charge in [-0.25, -0.2) is 8.42 Å². The van der Waals surface area contributed by atoms with E-state index in [1.54, 1.807) is 24.3 Å². The first-order valence-corrected chi connectivity index (χ1v) is 15.3. The van der Waals surface area contributed by atoms with Gasteiger partial charge in [-0.3, -0.25) is 9.69 Å². The molecule has 3 aliphatic heterocycles. The first kappa shape index (κ1) is 28.2. The van der Waals surface area contributed by atoms with E-state index in [0.717, 1.165) is 31.6 Å². The van der Waals surface area contributed by atoms with Crippen LogP contribution in [0, 0.1) is 6.92 Å². The number of amides is 1. The number of sulfonamides is 1. The second-order valence-electron chi connectivity index (χ2n) is 11.0. The van der Waals surface area contributed by atoms with Crippen molar-refractivity contribution in [2.75, 3.05) is 32.8 Å². The van der Waals surface area contributed by atoms with Crippen LogP contribution in [0.1, 0.15) is 36.8 Å². The molecule has 5 atom stereocenters. The largest absolute Gasteiger partial charge is 0.389 e. The van der Waals surface area contributed by atoms with Gasteiger partial charge in [0.05, 0.1) is 48.9 Å². The number of likely N-dealkylation sites (tertiary alicyclic amines) is 1. The van der Waals surface area contributed by atoms with Crippen LogP contribution in [0.3, 0.4) is 0 Å². The maximum Gasteiger partial charge on any atom is 0.243 e. The topological polar surface area (TPSA) is 108 Å². The third-order valence-electron chi connectivity index (χ3n) is 7.86. The summed E-state index contributed by atoms with van der Waals surface area (Å²) < 4.78 is 40.5. The number of aliphatic hydroxyl groups is 1. The highest BCUT2D eigenvalue weighted by atomic mass is 32.2. The molecule has 0 bridgehead atoms. The van der Waals surface area contributed by atoms with Crippen molar-refractivity contribution in [2.24, 2.45) is 0 Å². The molecule has 0 radical (unpaired) electrons. The van der Waals surface area contributed by atoms with Gasteiger partial charge in [-0.05, 0) is 43.9 Å². The van der Waals surface area contributed by atoms with Gasteiger partial charge in [0.25, 0.3) is 0 Å². The number of aryl methyl sites for hydroxylation is 1. The Labute approximate surface area is 231 Å². The van der Waals surface area contributed by atoms with Gasteiger partial charge < -0.3 is 19.9 Å². The predicted octanol–water partition coefficient (Wildman–Crippen LogP) is 2.07. The monoisotopic (exact) mass is 557 g/mol. The zero-order chi connectivity index (χ0) is 27.4. The summed E-state index contributed by atoms with van der Waals surface area (Å²) in [5.74, 6) is -0.0451. The van der Waals surface area contributed by atoms with Crippen LogP contribution in [0.25, 0.3) is 0 Å². The zero-order valence-electron chi connectivity index (χ0n) is 22.4. The molecule has 0 aliphatic carbocycles. The minimum Gasteiger partial charge on any atom is -0.389 e. The highest BCUT2D eigenvalue weighted by molar-refractivity contribution is 7.89. The molecule has 2 aromatic carbocycles. The van der Waals surface area contributed by atoms with Gasteiger partial charge in [0.15, 0.2) is 0 Å². The third-order valence-corrected chi connectivity index (χ3v) is 9.77. The maximum atomic E-state index is 13.6. The van der Waals surface area contributed by atoms with Gasteiger partial charge in [0.2, 0.25) is 15.9 Å². The number of nitrogens with zero attached hydrogens (tertiary/aromatic N) is 2. The minimum atomic E-state index is -3.85. The van der Waals surface area contributed by atoms with E-state index in [-0.39, 0.29) is 49.1 Å². The highest BCUT2D eigenvalue weighted by Crippen LogP contribution is 2.31. The van der Waals surface area contributed by atoms with E-state index < -0.39 is 28.3 Å². The molecule has 0 aromatic heterocycles. The molecule has 9 nitrogen and oxygen atoms in total. The summed E-state index contributed by atoms with van der Waals surface area (Å²) in [5, 5.41) is 13.6. The van der Waals surface area contributed by atoms with Gasteiger partial charge in [0.1, 0.15) is 0 Å². The van der Waals surface area contributed by atoms with Crippen LogP contribution in [0.4, 0.5) is 0 Å². The van der Waals surface area contributed by atoms with Gasteiger partial charge >= 0.3 is 0 Å². The summed E-state index contributed by atoms with van der Waals surface area (Å²) in [7, 11) is -3.85. The van der Waals surface area contributed by atoms with Crippen LogP contribution in [-0.4, -0.2) is 91.9 Å². The molecule has 1 amide bonds. The molecule has 10 heteroatoms. The quantitative estimate of drug-likeness (QED) is 0.537. The fourth-order valence-electron chi connectivity index (χ4n) is 5.85. The SMILES string of the molecule is Cc1ccc(S(=O)(=O)N2C[C@@H](O)COC[C@@H]3O[C@H](CC(=O)N[C@H]4CCN(Cc5ccccc5)C4)CC[C@H]32)cc1. The number of hydrogen-bond donors (Lipinski definition) is 2. The number of hydrogen-bond acceptors (Lipinski definition) is 7. The Hall–Kier alpha value is -2.34. The van der Waals surface area contributed by atoms with Crippen molar-refractivity contribution in [3.05, 3.63) is 65.7 Å². The first-order valence-electron chi connectivity index (χ1n) is 13.8. The fourth-order valence-corrected chi connectivity index (χ4v) is 7.56. The zero-order valence-corrected chi connectivity index (χ0v) is 23.3. The highest BCUT2D eigenvalue weighted by Gasteiger charge is 2.43. The van der Waals surface area contributed by atoms with Crippen LogP contribution >= 0.6 is 0 Å². The molecule has 0 unspecified atom stereocenters. The second-order valence-corrected chi connectivity index (χ2v) is 12.9. The lowest BCUT2D eigenvalue weighted by Gasteiger charge is -2.43. The summed E-state index contributed by atoms with van der Waals surface area (Å²) in [6.07, 6.45) is 0.459. The number of β-amino-alcohol motifs (C(OH)–C–C–N with tert-alkyl or cyclic N) is 1. The van der Waals surface area contributed by atoms with Crippen molar-refractivity contribution in [1.29, 1.82) is 0 Å². The average Bonchev–Trinajstić information content (AvgIpc) is 3.33. The Bertz CT molecular complexity index is 1210. The lowest BCUT2D eigenvalue weighted by molar-refractivity contribution is -0.146. The van der Waals surface area contributed by atoms with Crippen molar-refractivity contribution < 1.29 is 27.8 Å². The molecule has 2 aromatic rings. The second kappa shape index (κ2) is 12.4. The lowest BCUT2D eigenvalue weighted by Crippen LogP contribution is -2.57. The van der Waals surface area contributed by atoms with Crippen molar-refractivity contribution in [2.45, 2.75) is 74.4 Å². The third kappa shape index (κ3) is 7.06. The molecular weight excluding hydrogens is 518 g/mol. The van der Waals surface area contributed by atoms with E-state index in [4.69, 9.17) is 9.47 Å². The van der Waals surface area contributed by atoms with Crippen molar-refractivity contribution >= 4 is 15.9 Å².